The second kappa shape index (κ2) is 13.0. The van der Waals surface area contributed by atoms with Crippen molar-refractivity contribution in [2.24, 2.45) is 0 Å². The Hall–Kier alpha value is -4.21. The van der Waals surface area contributed by atoms with Crippen LogP contribution in [-0.4, -0.2) is 95.3 Å². The Labute approximate surface area is 253 Å². The van der Waals surface area contributed by atoms with Gasteiger partial charge in [-0.15, -0.1) is 0 Å². The number of nitrogens with one attached hydrogen (secondary N) is 1. The van der Waals surface area contributed by atoms with Crippen molar-refractivity contribution < 1.29 is 14.3 Å². The molecule has 2 aliphatic rings. The lowest BCUT2D eigenvalue weighted by Crippen LogP contribution is -2.49. The molecule has 1 aliphatic heterocycles. The highest BCUT2D eigenvalue weighted by molar-refractivity contribution is 6.27. The summed E-state index contributed by atoms with van der Waals surface area (Å²) in [6, 6.07) is 21.7. The van der Waals surface area contributed by atoms with Crippen LogP contribution in [0.1, 0.15) is 35.3 Å². The summed E-state index contributed by atoms with van der Waals surface area (Å²) in [6.45, 7) is 12.6. The molecule has 1 aromatic heterocycles. The molecule has 1 saturated heterocycles. The number of likely N-dealkylation sites (N-methyl/N-ethyl adjacent to an activating group) is 1. The van der Waals surface area contributed by atoms with Gasteiger partial charge in [0.1, 0.15) is 12.3 Å². The molecule has 1 amide bonds. The first-order valence-corrected chi connectivity index (χ1v) is 15.4. The summed E-state index contributed by atoms with van der Waals surface area (Å²) >= 11 is 0. The summed E-state index contributed by atoms with van der Waals surface area (Å²) in [6.07, 6.45) is -0.263. The topological polar surface area (TPSA) is 82.9 Å². The van der Waals surface area contributed by atoms with Gasteiger partial charge in [-0.1, -0.05) is 68.4 Å². The largest absolute Gasteiger partial charge is 0.445 e. The number of carbonyl (C=O) groups is 2. The zero-order valence-electron chi connectivity index (χ0n) is 25.1. The quantitative estimate of drug-likeness (QED) is 0.237. The van der Waals surface area contributed by atoms with Crippen molar-refractivity contribution in [3.8, 4) is 11.3 Å². The van der Waals surface area contributed by atoms with Crippen LogP contribution in [0.4, 0.5) is 10.5 Å². The van der Waals surface area contributed by atoms with Gasteiger partial charge in [0.05, 0.1) is 17.6 Å². The number of piperazine rings is 1. The molecule has 1 fully saturated rings. The number of fused-ring (bicyclic) bond motifs is 2. The van der Waals surface area contributed by atoms with E-state index < -0.39 is 0 Å². The van der Waals surface area contributed by atoms with Crippen LogP contribution in [0.3, 0.4) is 0 Å². The average molecular weight is 581 g/mol. The van der Waals surface area contributed by atoms with Crippen LogP contribution in [0, 0.1) is 0 Å². The summed E-state index contributed by atoms with van der Waals surface area (Å²) in [7, 11) is 0. The second-order valence-electron chi connectivity index (χ2n) is 11.2. The highest BCUT2D eigenvalue weighted by Crippen LogP contribution is 2.41. The second-order valence-corrected chi connectivity index (χ2v) is 11.2. The van der Waals surface area contributed by atoms with Crippen molar-refractivity contribution >= 4 is 28.5 Å². The molecule has 0 unspecified atom stereocenters. The van der Waals surface area contributed by atoms with Crippen molar-refractivity contribution in [1.82, 2.24) is 24.5 Å². The van der Waals surface area contributed by atoms with E-state index in [1.807, 2.05) is 60.7 Å². The molecule has 9 nitrogen and oxygen atoms in total. The third-order valence-corrected chi connectivity index (χ3v) is 8.67. The number of aromatic nitrogens is 2. The van der Waals surface area contributed by atoms with Gasteiger partial charge in [0.15, 0.2) is 5.78 Å². The van der Waals surface area contributed by atoms with E-state index >= 15 is 0 Å². The number of amides is 1. The molecule has 0 radical (unpaired) electrons. The Morgan fingerprint density at radius 1 is 0.907 bits per heavy atom. The van der Waals surface area contributed by atoms with Gasteiger partial charge < -0.3 is 19.9 Å². The van der Waals surface area contributed by atoms with E-state index in [1.165, 1.54) is 0 Å². The number of benzene rings is 3. The van der Waals surface area contributed by atoms with Crippen LogP contribution in [0.25, 0.3) is 22.2 Å². The zero-order chi connectivity index (χ0) is 29.8. The van der Waals surface area contributed by atoms with Crippen LogP contribution in [-0.2, 0) is 17.9 Å². The van der Waals surface area contributed by atoms with Crippen molar-refractivity contribution in [1.29, 1.82) is 0 Å². The molecular formula is C34H40N6O3. The summed E-state index contributed by atoms with van der Waals surface area (Å²) in [4.78, 5) is 32.9. The van der Waals surface area contributed by atoms with Crippen molar-refractivity contribution in [2.75, 3.05) is 64.2 Å². The van der Waals surface area contributed by atoms with E-state index in [0.29, 0.717) is 30.8 Å². The normalized spacial score (nSPS) is 14.8. The average Bonchev–Trinajstić information content (AvgIpc) is 3.43. The Morgan fingerprint density at radius 2 is 1.63 bits per heavy atom. The standard InChI is InChI=1S/C34H40N6O3/c1-3-37(4-2)20-23-40-29-15-14-28(30-31(29)32(36-40)26-12-8-9-13-27(26)33(30)41)35-16-17-38-18-21-39(22-19-38)34(42)43-24-25-10-6-5-7-11-25/h5-15,35H,3-4,16-24H2,1-2H3. The van der Waals surface area contributed by atoms with E-state index in [0.717, 1.165) is 79.2 Å². The van der Waals surface area contributed by atoms with Crippen LogP contribution in [0.5, 0.6) is 0 Å². The molecule has 4 aromatic rings. The van der Waals surface area contributed by atoms with Gasteiger partial charge in [-0.05, 0) is 30.8 Å². The minimum atomic E-state index is -0.263. The summed E-state index contributed by atoms with van der Waals surface area (Å²) in [5.74, 6) is 0.0436. The van der Waals surface area contributed by atoms with Gasteiger partial charge in [0, 0.05) is 68.0 Å². The fraction of sp³-hybridized carbons (Fsp3) is 0.382. The number of anilines is 1. The fourth-order valence-electron chi connectivity index (χ4n) is 6.12. The Morgan fingerprint density at radius 3 is 2.37 bits per heavy atom. The molecule has 6 rings (SSSR count). The maximum atomic E-state index is 13.8. The van der Waals surface area contributed by atoms with E-state index in [4.69, 9.17) is 9.84 Å². The van der Waals surface area contributed by atoms with Gasteiger partial charge >= 0.3 is 6.09 Å². The lowest BCUT2D eigenvalue weighted by Gasteiger charge is -2.34. The lowest BCUT2D eigenvalue weighted by atomic mass is 9.86. The third-order valence-electron chi connectivity index (χ3n) is 8.67. The van der Waals surface area contributed by atoms with Crippen LogP contribution < -0.4 is 5.32 Å². The number of carbonyl (C=O) groups excluding carboxylic acids is 2. The van der Waals surface area contributed by atoms with Crippen molar-refractivity contribution in [3.63, 3.8) is 0 Å². The highest BCUT2D eigenvalue weighted by atomic mass is 16.6. The van der Waals surface area contributed by atoms with Crippen molar-refractivity contribution in [2.45, 2.75) is 27.0 Å². The minimum absolute atomic E-state index is 0.0436. The van der Waals surface area contributed by atoms with Gasteiger partial charge in [0.2, 0.25) is 0 Å². The Kier molecular flexibility index (Phi) is 8.72. The molecule has 224 valence electrons. The lowest BCUT2D eigenvalue weighted by molar-refractivity contribution is 0.0726. The van der Waals surface area contributed by atoms with Crippen LogP contribution in [0.2, 0.25) is 0 Å². The first-order valence-electron chi connectivity index (χ1n) is 15.4. The zero-order valence-corrected chi connectivity index (χ0v) is 25.1. The summed E-state index contributed by atoms with van der Waals surface area (Å²) in [5.41, 5.74) is 6.04. The molecule has 1 aliphatic carbocycles. The van der Waals surface area contributed by atoms with E-state index in [2.05, 4.69) is 39.7 Å². The monoisotopic (exact) mass is 580 g/mol. The van der Waals surface area contributed by atoms with Gasteiger partial charge in [-0.25, -0.2) is 4.79 Å². The molecule has 0 bridgehead atoms. The molecule has 1 N–H and O–H groups in total. The predicted octanol–water partition coefficient (Wildman–Crippen LogP) is 4.96. The van der Waals surface area contributed by atoms with Gasteiger partial charge in [0.25, 0.3) is 0 Å². The van der Waals surface area contributed by atoms with Gasteiger partial charge in [-0.3, -0.25) is 14.4 Å². The molecule has 2 heterocycles. The molecular weight excluding hydrogens is 540 g/mol. The Bertz CT molecular complexity index is 1590. The molecule has 3 aromatic carbocycles. The SMILES string of the molecule is CCN(CC)CCn1nc2c3c(c(NCCN4CCN(C(=O)OCc5ccccc5)CC4)ccc31)C(=O)c1ccccc1-2. The van der Waals surface area contributed by atoms with Crippen molar-refractivity contribution in [3.05, 3.63) is 83.4 Å². The molecule has 0 spiro atoms. The molecule has 0 atom stereocenters. The minimum Gasteiger partial charge on any atom is -0.445 e. The van der Waals surface area contributed by atoms with Crippen LogP contribution in [0.15, 0.2) is 66.7 Å². The van der Waals surface area contributed by atoms with Crippen LogP contribution >= 0.6 is 0 Å². The predicted molar refractivity (Wildman–Crippen MR) is 170 cm³/mol. The third kappa shape index (κ3) is 6.00. The Balaban J connectivity index is 1.11. The first-order chi connectivity index (χ1) is 21.1. The number of hydrogen-bond donors (Lipinski definition) is 1. The fourth-order valence-corrected chi connectivity index (χ4v) is 6.12. The number of rotatable bonds is 11. The first kappa shape index (κ1) is 28.9. The van der Waals surface area contributed by atoms with E-state index in [9.17, 15) is 9.59 Å². The smallest absolute Gasteiger partial charge is 0.410 e. The summed E-state index contributed by atoms with van der Waals surface area (Å²) in [5, 5.41) is 9.55. The number of hydrogen-bond acceptors (Lipinski definition) is 7. The molecule has 9 heteroatoms. The summed E-state index contributed by atoms with van der Waals surface area (Å²) < 4.78 is 7.57. The highest BCUT2D eigenvalue weighted by Gasteiger charge is 2.31. The number of ketones is 1. The van der Waals surface area contributed by atoms with E-state index in [1.54, 1.807) is 4.90 Å². The maximum absolute atomic E-state index is 13.8. The number of nitrogens with zero attached hydrogens (tertiary/aromatic N) is 5. The number of ether oxygens (including phenoxy) is 1. The maximum Gasteiger partial charge on any atom is 0.410 e. The van der Waals surface area contributed by atoms with Gasteiger partial charge in [-0.2, -0.15) is 5.10 Å². The van der Waals surface area contributed by atoms with E-state index in [-0.39, 0.29) is 18.5 Å². The molecule has 0 saturated carbocycles. The molecule has 43 heavy (non-hydrogen) atoms.